The third-order valence-electron chi connectivity index (χ3n) is 2.83. The van der Waals surface area contributed by atoms with Crippen LogP contribution in [0.4, 0.5) is 0 Å². The number of carboxylic acid groups (broad SMARTS) is 1. The molecule has 84 valence electrons. The Kier molecular flexibility index (Phi) is 5.13. The number of piperidine rings is 1. The van der Waals surface area contributed by atoms with Crippen LogP contribution in [0.3, 0.4) is 0 Å². The van der Waals surface area contributed by atoms with Crippen LogP contribution in [0.1, 0.15) is 32.1 Å². The Morgan fingerprint density at radius 3 is 3.07 bits per heavy atom. The van der Waals surface area contributed by atoms with Gasteiger partial charge in [0.1, 0.15) is 0 Å². The highest BCUT2D eigenvalue weighted by atomic mass is 16.4. The highest BCUT2D eigenvalue weighted by Gasteiger charge is 2.21. The van der Waals surface area contributed by atoms with Crippen LogP contribution in [-0.2, 0) is 4.79 Å². The largest absolute Gasteiger partial charge is 0.481 e. The number of aliphatic carboxylic acids is 1. The predicted octanol–water partition coefficient (Wildman–Crippen LogP) is 1.48. The number of carboxylic acids is 1. The molecule has 0 saturated carbocycles. The first-order chi connectivity index (χ1) is 7.22. The summed E-state index contributed by atoms with van der Waals surface area (Å²) in [5.74, 6) is -0.391. The zero-order valence-corrected chi connectivity index (χ0v) is 8.98. The van der Waals surface area contributed by atoms with Crippen LogP contribution in [0.2, 0.25) is 0 Å². The van der Waals surface area contributed by atoms with Crippen molar-refractivity contribution in [2.75, 3.05) is 19.6 Å². The van der Waals surface area contributed by atoms with E-state index in [0.29, 0.717) is 12.3 Å². The number of hydrogen-bond donors (Lipinski definition) is 1. The Hall–Kier alpha value is -1.08. The number of carbonyl (C=O) groups is 1. The van der Waals surface area contributed by atoms with E-state index in [9.17, 15) is 4.79 Å². The standard InChI is InChI=1S/C11H18N2O2/c12-5-1-2-6-13-7-3-4-10(9-13)8-11(14)15/h10H,1-4,6-9H2,(H,14,15). The summed E-state index contributed by atoms with van der Waals surface area (Å²) in [5, 5.41) is 17.1. The molecule has 1 aliphatic heterocycles. The van der Waals surface area contributed by atoms with E-state index in [0.717, 1.165) is 38.9 Å². The first-order valence-electron chi connectivity index (χ1n) is 5.53. The topological polar surface area (TPSA) is 64.3 Å². The van der Waals surface area contributed by atoms with Gasteiger partial charge in [0.05, 0.1) is 6.07 Å². The number of unbranched alkanes of at least 4 members (excludes halogenated alkanes) is 1. The van der Waals surface area contributed by atoms with E-state index < -0.39 is 5.97 Å². The predicted molar refractivity (Wildman–Crippen MR) is 56.3 cm³/mol. The van der Waals surface area contributed by atoms with Crippen molar-refractivity contribution in [1.29, 1.82) is 5.26 Å². The second-order valence-electron chi connectivity index (χ2n) is 4.17. The van der Waals surface area contributed by atoms with Crippen molar-refractivity contribution in [3.8, 4) is 6.07 Å². The SMILES string of the molecule is N#CCCCN1CCCC(CC(=O)O)C1. The smallest absolute Gasteiger partial charge is 0.303 e. The molecule has 0 spiro atoms. The van der Waals surface area contributed by atoms with Gasteiger partial charge in [-0.1, -0.05) is 0 Å². The van der Waals surface area contributed by atoms with Crippen LogP contribution in [0.25, 0.3) is 0 Å². The van der Waals surface area contributed by atoms with Crippen molar-refractivity contribution in [1.82, 2.24) is 4.90 Å². The monoisotopic (exact) mass is 210 g/mol. The summed E-state index contributed by atoms with van der Waals surface area (Å²) in [6, 6.07) is 2.13. The Morgan fingerprint density at radius 1 is 1.60 bits per heavy atom. The average Bonchev–Trinajstić information content (AvgIpc) is 2.18. The van der Waals surface area contributed by atoms with E-state index in [-0.39, 0.29) is 6.42 Å². The maximum absolute atomic E-state index is 10.6. The number of likely N-dealkylation sites (tertiary alicyclic amines) is 1. The van der Waals surface area contributed by atoms with Crippen molar-refractivity contribution < 1.29 is 9.90 Å². The molecule has 1 fully saturated rings. The zero-order chi connectivity index (χ0) is 11.1. The fraction of sp³-hybridized carbons (Fsp3) is 0.818. The van der Waals surface area contributed by atoms with Crippen molar-refractivity contribution >= 4 is 5.97 Å². The molecule has 0 bridgehead atoms. The van der Waals surface area contributed by atoms with Gasteiger partial charge < -0.3 is 10.0 Å². The summed E-state index contributed by atoms with van der Waals surface area (Å²) < 4.78 is 0. The lowest BCUT2D eigenvalue weighted by Gasteiger charge is -2.31. The maximum Gasteiger partial charge on any atom is 0.303 e. The lowest BCUT2D eigenvalue weighted by atomic mass is 9.95. The Bertz CT molecular complexity index is 247. The summed E-state index contributed by atoms with van der Waals surface area (Å²) in [5.41, 5.74) is 0. The van der Waals surface area contributed by atoms with Gasteiger partial charge in [-0.15, -0.1) is 0 Å². The number of rotatable bonds is 5. The van der Waals surface area contributed by atoms with E-state index in [1.165, 1.54) is 0 Å². The summed E-state index contributed by atoms with van der Waals surface area (Å²) in [6.45, 7) is 2.88. The van der Waals surface area contributed by atoms with Gasteiger partial charge in [-0.25, -0.2) is 0 Å². The lowest BCUT2D eigenvalue weighted by molar-refractivity contribution is -0.138. The average molecular weight is 210 g/mol. The molecule has 0 aromatic carbocycles. The van der Waals surface area contributed by atoms with Crippen LogP contribution in [0, 0.1) is 17.2 Å². The molecule has 1 aliphatic rings. The van der Waals surface area contributed by atoms with Crippen molar-refractivity contribution in [2.45, 2.75) is 32.1 Å². The normalized spacial score (nSPS) is 22.2. The molecule has 0 aromatic heterocycles. The van der Waals surface area contributed by atoms with Crippen molar-refractivity contribution in [3.63, 3.8) is 0 Å². The zero-order valence-electron chi connectivity index (χ0n) is 8.98. The molecule has 1 rings (SSSR count). The van der Waals surface area contributed by atoms with E-state index in [1.807, 2.05) is 0 Å². The minimum absolute atomic E-state index is 0.286. The molecular formula is C11H18N2O2. The fourth-order valence-corrected chi connectivity index (χ4v) is 2.15. The number of hydrogen-bond acceptors (Lipinski definition) is 3. The molecule has 1 atom stereocenters. The summed E-state index contributed by atoms with van der Waals surface area (Å²) in [4.78, 5) is 12.9. The molecule has 0 aliphatic carbocycles. The van der Waals surface area contributed by atoms with Crippen molar-refractivity contribution in [2.24, 2.45) is 5.92 Å². The molecule has 0 aromatic rings. The van der Waals surface area contributed by atoms with E-state index in [4.69, 9.17) is 10.4 Å². The van der Waals surface area contributed by atoms with E-state index >= 15 is 0 Å². The first kappa shape index (κ1) is 12.0. The molecule has 4 heteroatoms. The minimum Gasteiger partial charge on any atom is -0.481 e. The van der Waals surface area contributed by atoms with Gasteiger partial charge >= 0.3 is 5.97 Å². The van der Waals surface area contributed by atoms with Gasteiger partial charge in [0.15, 0.2) is 0 Å². The van der Waals surface area contributed by atoms with Crippen LogP contribution >= 0.6 is 0 Å². The molecule has 15 heavy (non-hydrogen) atoms. The van der Waals surface area contributed by atoms with Crippen LogP contribution in [0.5, 0.6) is 0 Å². The minimum atomic E-state index is -0.695. The molecular weight excluding hydrogens is 192 g/mol. The third kappa shape index (κ3) is 4.80. The van der Waals surface area contributed by atoms with Gasteiger partial charge in [0.2, 0.25) is 0 Å². The van der Waals surface area contributed by atoms with Crippen LogP contribution in [0.15, 0.2) is 0 Å². The molecule has 1 saturated heterocycles. The van der Waals surface area contributed by atoms with Crippen LogP contribution in [-0.4, -0.2) is 35.6 Å². The molecule has 1 unspecified atom stereocenters. The quantitative estimate of drug-likeness (QED) is 0.698. The summed E-state index contributed by atoms with van der Waals surface area (Å²) >= 11 is 0. The third-order valence-corrected chi connectivity index (χ3v) is 2.83. The second kappa shape index (κ2) is 6.41. The Morgan fingerprint density at radius 2 is 2.40 bits per heavy atom. The molecule has 4 nitrogen and oxygen atoms in total. The summed E-state index contributed by atoms with van der Waals surface area (Å²) in [6.07, 6.45) is 3.90. The number of nitrogens with zero attached hydrogens (tertiary/aromatic N) is 2. The molecule has 0 amide bonds. The summed E-state index contributed by atoms with van der Waals surface area (Å²) in [7, 11) is 0. The highest BCUT2D eigenvalue weighted by molar-refractivity contribution is 5.67. The Balaban J connectivity index is 2.23. The van der Waals surface area contributed by atoms with Gasteiger partial charge in [0, 0.05) is 19.4 Å². The highest BCUT2D eigenvalue weighted by Crippen LogP contribution is 2.19. The molecule has 1 N–H and O–H groups in total. The second-order valence-corrected chi connectivity index (χ2v) is 4.17. The lowest BCUT2D eigenvalue weighted by Crippen LogP contribution is -2.36. The maximum atomic E-state index is 10.6. The fourth-order valence-electron chi connectivity index (χ4n) is 2.15. The van der Waals surface area contributed by atoms with Gasteiger partial charge in [-0.2, -0.15) is 5.26 Å². The molecule has 0 radical (unpaired) electrons. The van der Waals surface area contributed by atoms with Crippen molar-refractivity contribution in [3.05, 3.63) is 0 Å². The van der Waals surface area contributed by atoms with Gasteiger partial charge in [-0.05, 0) is 38.3 Å². The van der Waals surface area contributed by atoms with E-state index in [1.54, 1.807) is 0 Å². The van der Waals surface area contributed by atoms with Crippen LogP contribution < -0.4 is 0 Å². The van der Waals surface area contributed by atoms with Gasteiger partial charge in [0.25, 0.3) is 0 Å². The Labute approximate surface area is 90.5 Å². The van der Waals surface area contributed by atoms with Gasteiger partial charge in [-0.3, -0.25) is 4.79 Å². The first-order valence-corrected chi connectivity index (χ1v) is 5.53. The van der Waals surface area contributed by atoms with E-state index in [2.05, 4.69) is 11.0 Å². The number of nitriles is 1. The molecule has 1 heterocycles.